The molecule has 0 radical (unpaired) electrons. The van der Waals surface area contributed by atoms with E-state index in [-0.39, 0.29) is 17.7 Å². The summed E-state index contributed by atoms with van der Waals surface area (Å²) in [6.07, 6.45) is 2.53. The lowest BCUT2D eigenvalue weighted by Crippen LogP contribution is -2.41. The summed E-state index contributed by atoms with van der Waals surface area (Å²) < 4.78 is 0. The molecular formula is C27H28N2O2. The number of carbonyl (C=O) groups is 2. The van der Waals surface area contributed by atoms with Crippen LogP contribution in [0, 0.1) is 5.92 Å². The molecule has 4 rings (SSSR count). The molecule has 31 heavy (non-hydrogen) atoms. The largest absolute Gasteiger partial charge is 0.371 e. The van der Waals surface area contributed by atoms with Crippen molar-refractivity contribution in [3.05, 3.63) is 102 Å². The SMILES string of the molecule is O=Cc1ccc(N2CCC(C(=O)NCC(c3ccccc3)c3ccccc3)CC2)cc1. The maximum Gasteiger partial charge on any atom is 0.223 e. The highest BCUT2D eigenvalue weighted by atomic mass is 16.1. The van der Waals surface area contributed by atoms with Crippen LogP contribution in [-0.2, 0) is 4.79 Å². The van der Waals surface area contributed by atoms with Crippen LogP contribution in [0.5, 0.6) is 0 Å². The highest BCUT2D eigenvalue weighted by molar-refractivity contribution is 5.79. The maximum atomic E-state index is 12.9. The van der Waals surface area contributed by atoms with Gasteiger partial charge in [-0.1, -0.05) is 60.7 Å². The number of benzene rings is 3. The van der Waals surface area contributed by atoms with Gasteiger partial charge in [0.15, 0.2) is 0 Å². The van der Waals surface area contributed by atoms with Crippen LogP contribution in [0.25, 0.3) is 0 Å². The van der Waals surface area contributed by atoms with E-state index in [9.17, 15) is 9.59 Å². The quantitative estimate of drug-likeness (QED) is 0.574. The average Bonchev–Trinajstić information content (AvgIpc) is 2.85. The Labute approximate surface area is 183 Å². The fourth-order valence-electron chi connectivity index (χ4n) is 4.31. The number of hydrogen-bond acceptors (Lipinski definition) is 3. The van der Waals surface area contributed by atoms with Gasteiger partial charge < -0.3 is 10.2 Å². The molecule has 158 valence electrons. The Morgan fingerprint density at radius 3 is 1.94 bits per heavy atom. The van der Waals surface area contributed by atoms with Gasteiger partial charge in [-0.05, 0) is 48.2 Å². The molecule has 0 unspecified atom stereocenters. The molecule has 0 aromatic heterocycles. The predicted octanol–water partition coefficient (Wildman–Crippen LogP) is 4.66. The van der Waals surface area contributed by atoms with Gasteiger partial charge in [0.1, 0.15) is 6.29 Å². The number of amides is 1. The molecule has 1 amide bonds. The monoisotopic (exact) mass is 412 g/mol. The first-order chi connectivity index (χ1) is 15.2. The van der Waals surface area contributed by atoms with Gasteiger partial charge in [-0.2, -0.15) is 0 Å². The molecule has 3 aromatic rings. The van der Waals surface area contributed by atoms with E-state index in [4.69, 9.17) is 0 Å². The topological polar surface area (TPSA) is 49.4 Å². The highest BCUT2D eigenvalue weighted by Crippen LogP contribution is 2.26. The highest BCUT2D eigenvalue weighted by Gasteiger charge is 2.26. The summed E-state index contributed by atoms with van der Waals surface area (Å²) in [5, 5.41) is 3.22. The number of hydrogen-bond donors (Lipinski definition) is 1. The van der Waals surface area contributed by atoms with E-state index in [2.05, 4.69) is 34.5 Å². The summed E-state index contributed by atoms with van der Waals surface area (Å²) in [7, 11) is 0. The van der Waals surface area contributed by atoms with Crippen molar-refractivity contribution in [1.29, 1.82) is 0 Å². The van der Waals surface area contributed by atoms with Gasteiger partial charge >= 0.3 is 0 Å². The number of rotatable bonds is 7. The molecule has 1 saturated heterocycles. The average molecular weight is 413 g/mol. The van der Waals surface area contributed by atoms with Crippen molar-refractivity contribution in [3.63, 3.8) is 0 Å². The lowest BCUT2D eigenvalue weighted by molar-refractivity contribution is -0.125. The lowest BCUT2D eigenvalue weighted by atomic mass is 9.90. The zero-order chi connectivity index (χ0) is 21.5. The van der Waals surface area contributed by atoms with E-state index in [1.54, 1.807) is 0 Å². The third kappa shape index (κ3) is 5.21. The van der Waals surface area contributed by atoms with Gasteiger partial charge in [-0.25, -0.2) is 0 Å². The van der Waals surface area contributed by atoms with Crippen molar-refractivity contribution >= 4 is 17.9 Å². The van der Waals surface area contributed by atoms with Crippen LogP contribution >= 0.6 is 0 Å². The molecule has 1 fully saturated rings. The number of piperidine rings is 1. The van der Waals surface area contributed by atoms with Gasteiger partial charge in [0.05, 0.1) is 0 Å². The lowest BCUT2D eigenvalue weighted by Gasteiger charge is -2.33. The Morgan fingerprint density at radius 2 is 1.42 bits per heavy atom. The van der Waals surface area contributed by atoms with Crippen molar-refractivity contribution in [3.8, 4) is 0 Å². The summed E-state index contributed by atoms with van der Waals surface area (Å²) in [5.74, 6) is 0.327. The first-order valence-electron chi connectivity index (χ1n) is 10.9. The van der Waals surface area contributed by atoms with Crippen molar-refractivity contribution in [2.24, 2.45) is 5.92 Å². The van der Waals surface area contributed by atoms with E-state index in [0.29, 0.717) is 12.1 Å². The number of aldehydes is 1. The Hall–Kier alpha value is -3.40. The predicted molar refractivity (Wildman–Crippen MR) is 125 cm³/mol. The molecule has 0 atom stereocenters. The summed E-state index contributed by atoms with van der Waals surface area (Å²) in [4.78, 5) is 26.1. The summed E-state index contributed by atoms with van der Waals surface area (Å²) in [5.41, 5.74) is 4.22. The maximum absolute atomic E-state index is 12.9. The molecular weight excluding hydrogens is 384 g/mol. The van der Waals surface area contributed by atoms with E-state index in [0.717, 1.165) is 37.9 Å². The molecule has 0 saturated carbocycles. The second kappa shape index (κ2) is 10.1. The van der Waals surface area contributed by atoms with Gasteiger partial charge in [0, 0.05) is 42.7 Å². The normalized spacial score (nSPS) is 14.4. The van der Waals surface area contributed by atoms with Crippen molar-refractivity contribution in [2.45, 2.75) is 18.8 Å². The third-order valence-corrected chi connectivity index (χ3v) is 6.14. The minimum Gasteiger partial charge on any atom is -0.371 e. The van der Waals surface area contributed by atoms with Crippen LogP contribution in [0.15, 0.2) is 84.9 Å². The van der Waals surface area contributed by atoms with Crippen molar-refractivity contribution < 1.29 is 9.59 Å². The van der Waals surface area contributed by atoms with Crippen LogP contribution < -0.4 is 10.2 Å². The molecule has 1 N–H and O–H groups in total. The van der Waals surface area contributed by atoms with Crippen LogP contribution in [0.3, 0.4) is 0 Å². The first-order valence-corrected chi connectivity index (χ1v) is 10.9. The van der Waals surface area contributed by atoms with Crippen LogP contribution in [0.4, 0.5) is 5.69 Å². The number of nitrogens with zero attached hydrogens (tertiary/aromatic N) is 1. The summed E-state index contributed by atoms with van der Waals surface area (Å²) in [6.45, 7) is 2.29. The minimum atomic E-state index is 0.0395. The van der Waals surface area contributed by atoms with Gasteiger partial charge in [-0.15, -0.1) is 0 Å². The van der Waals surface area contributed by atoms with E-state index in [1.165, 1.54) is 11.1 Å². The molecule has 3 aromatic carbocycles. The van der Waals surface area contributed by atoms with Crippen LogP contribution in [-0.4, -0.2) is 31.8 Å². The molecule has 1 aliphatic heterocycles. The Morgan fingerprint density at radius 1 is 0.871 bits per heavy atom. The van der Waals surface area contributed by atoms with Crippen LogP contribution in [0.1, 0.15) is 40.2 Å². The Balaban J connectivity index is 1.35. The van der Waals surface area contributed by atoms with E-state index in [1.807, 2.05) is 60.7 Å². The molecule has 0 bridgehead atoms. The minimum absolute atomic E-state index is 0.0395. The zero-order valence-electron chi connectivity index (χ0n) is 17.6. The second-order valence-electron chi connectivity index (χ2n) is 8.09. The van der Waals surface area contributed by atoms with E-state index < -0.39 is 0 Å². The number of carbonyl (C=O) groups excluding carboxylic acids is 2. The molecule has 0 aliphatic carbocycles. The van der Waals surface area contributed by atoms with Crippen LogP contribution in [0.2, 0.25) is 0 Å². The van der Waals surface area contributed by atoms with Gasteiger partial charge in [0.2, 0.25) is 5.91 Å². The van der Waals surface area contributed by atoms with E-state index >= 15 is 0 Å². The first kappa shape index (κ1) is 20.9. The summed E-state index contributed by atoms with van der Waals surface area (Å²) >= 11 is 0. The van der Waals surface area contributed by atoms with Crippen molar-refractivity contribution in [2.75, 3.05) is 24.5 Å². The smallest absolute Gasteiger partial charge is 0.223 e. The fraction of sp³-hybridized carbons (Fsp3) is 0.259. The fourth-order valence-corrected chi connectivity index (χ4v) is 4.31. The van der Waals surface area contributed by atoms with Crippen molar-refractivity contribution in [1.82, 2.24) is 5.32 Å². The standard InChI is InChI=1S/C27H28N2O2/c30-20-21-11-13-25(14-12-21)29-17-15-24(16-18-29)27(31)28-19-26(22-7-3-1-4-8-22)23-9-5-2-6-10-23/h1-14,20,24,26H,15-19H2,(H,28,31). The Kier molecular flexibility index (Phi) is 6.78. The molecule has 4 heteroatoms. The number of nitrogens with one attached hydrogen (secondary N) is 1. The molecule has 1 aliphatic rings. The number of anilines is 1. The second-order valence-corrected chi connectivity index (χ2v) is 8.09. The van der Waals surface area contributed by atoms with Gasteiger partial charge in [-0.3, -0.25) is 9.59 Å². The molecule has 0 spiro atoms. The van der Waals surface area contributed by atoms with Gasteiger partial charge in [0.25, 0.3) is 0 Å². The summed E-state index contributed by atoms with van der Waals surface area (Å²) in [6, 6.07) is 28.4. The molecule has 1 heterocycles. The Bertz CT molecular complexity index is 939. The zero-order valence-corrected chi connectivity index (χ0v) is 17.6. The molecule has 4 nitrogen and oxygen atoms in total. The third-order valence-electron chi connectivity index (χ3n) is 6.14.